The highest BCUT2D eigenvalue weighted by Crippen LogP contribution is 2.32. The molecule has 11 heavy (non-hydrogen) atoms. The van der Waals surface area contributed by atoms with E-state index in [1.165, 1.54) is 0 Å². The maximum Gasteiger partial charge on any atom is 0.337 e. The molecular weight excluding hydrogens is 148 g/mol. The van der Waals surface area contributed by atoms with Crippen LogP contribution < -0.4 is 0 Å². The summed E-state index contributed by atoms with van der Waals surface area (Å²) in [5.74, 6) is -1.69. The molecule has 0 aromatic heterocycles. The van der Waals surface area contributed by atoms with Crippen LogP contribution in [0.15, 0.2) is 0 Å². The first-order valence-electron chi connectivity index (χ1n) is 3.91. The summed E-state index contributed by atoms with van der Waals surface area (Å²) < 4.78 is 9.21. The summed E-state index contributed by atoms with van der Waals surface area (Å²) in [6.45, 7) is 2.51. The molecule has 2 unspecified atom stereocenters. The Morgan fingerprint density at radius 2 is 2.18 bits per heavy atom. The van der Waals surface area contributed by atoms with Crippen molar-refractivity contribution in [3.8, 4) is 0 Å². The average molecular weight is 162 g/mol. The predicted octanol–water partition coefficient (Wildman–Crippen LogP) is 0.188. The highest BCUT2D eigenvalue weighted by Gasteiger charge is 2.57. The second kappa shape index (κ2) is 3.49. The van der Waals surface area contributed by atoms with E-state index in [1.54, 1.807) is 0 Å². The Hall–Kier alpha value is -0.160. The number of ether oxygens (including phenoxy) is 2. The number of rotatable bonds is 5. The van der Waals surface area contributed by atoms with Gasteiger partial charge >= 0.3 is 5.97 Å². The van der Waals surface area contributed by atoms with Crippen LogP contribution in [0.1, 0.15) is 26.2 Å². The molecule has 0 radical (unpaired) electrons. The molecule has 4 heteroatoms. The fourth-order valence-electron chi connectivity index (χ4n) is 0.802. The number of aliphatic hydroxyl groups is 2. The van der Waals surface area contributed by atoms with E-state index in [0.717, 1.165) is 19.3 Å². The molecule has 0 aliphatic carbocycles. The van der Waals surface area contributed by atoms with E-state index in [1.807, 2.05) is 0 Å². The zero-order valence-corrected chi connectivity index (χ0v) is 6.62. The van der Waals surface area contributed by atoms with Crippen molar-refractivity contribution in [1.82, 2.24) is 0 Å². The Bertz CT molecular complexity index is 128. The SMILES string of the molecule is CCCCCOC1(O)OC1O. The van der Waals surface area contributed by atoms with Gasteiger partial charge in [0.2, 0.25) is 6.29 Å². The van der Waals surface area contributed by atoms with Crippen LogP contribution in [0.2, 0.25) is 0 Å². The summed E-state index contributed by atoms with van der Waals surface area (Å²) in [5, 5.41) is 17.6. The maximum absolute atomic E-state index is 9.00. The lowest BCUT2D eigenvalue weighted by Crippen LogP contribution is -2.19. The van der Waals surface area contributed by atoms with E-state index in [9.17, 15) is 0 Å². The number of aliphatic hydroxyl groups excluding tert-OH is 1. The summed E-state index contributed by atoms with van der Waals surface area (Å²) in [4.78, 5) is 0. The standard InChI is InChI=1S/C7H14O4/c1-2-3-4-5-10-7(9)6(8)11-7/h6,8-9H,2-5H2,1H3. The van der Waals surface area contributed by atoms with Gasteiger partial charge in [0.25, 0.3) is 0 Å². The van der Waals surface area contributed by atoms with Crippen LogP contribution >= 0.6 is 0 Å². The molecule has 0 saturated carbocycles. The first-order valence-corrected chi connectivity index (χ1v) is 3.91. The van der Waals surface area contributed by atoms with Crippen molar-refractivity contribution in [2.24, 2.45) is 0 Å². The van der Waals surface area contributed by atoms with Crippen molar-refractivity contribution in [1.29, 1.82) is 0 Å². The summed E-state index contributed by atoms with van der Waals surface area (Å²) >= 11 is 0. The molecule has 0 spiro atoms. The van der Waals surface area contributed by atoms with Crippen LogP contribution in [-0.4, -0.2) is 29.1 Å². The first kappa shape index (κ1) is 8.93. The van der Waals surface area contributed by atoms with Gasteiger partial charge in [0.05, 0.1) is 6.61 Å². The highest BCUT2D eigenvalue weighted by molar-refractivity contribution is 4.72. The van der Waals surface area contributed by atoms with Gasteiger partial charge in [-0.15, -0.1) is 0 Å². The summed E-state index contributed by atoms with van der Waals surface area (Å²) in [5.41, 5.74) is 0. The zero-order chi connectivity index (χ0) is 8.32. The van der Waals surface area contributed by atoms with E-state index in [0.29, 0.717) is 6.61 Å². The van der Waals surface area contributed by atoms with Gasteiger partial charge in [-0.2, -0.15) is 0 Å². The molecule has 2 N–H and O–H groups in total. The van der Waals surface area contributed by atoms with E-state index in [-0.39, 0.29) is 0 Å². The molecule has 1 rings (SSSR count). The van der Waals surface area contributed by atoms with Crippen LogP contribution in [0.25, 0.3) is 0 Å². The van der Waals surface area contributed by atoms with Crippen molar-refractivity contribution in [3.05, 3.63) is 0 Å². The Labute approximate surface area is 65.7 Å². The quantitative estimate of drug-likeness (QED) is 0.344. The molecule has 1 aliphatic heterocycles. The van der Waals surface area contributed by atoms with Crippen molar-refractivity contribution in [3.63, 3.8) is 0 Å². The maximum atomic E-state index is 9.00. The van der Waals surface area contributed by atoms with Gasteiger partial charge in [0.1, 0.15) is 0 Å². The Balaban J connectivity index is 1.96. The topological polar surface area (TPSA) is 62.2 Å². The molecule has 1 fully saturated rings. The molecule has 1 saturated heterocycles. The Morgan fingerprint density at radius 1 is 1.55 bits per heavy atom. The largest absolute Gasteiger partial charge is 0.362 e. The first-order chi connectivity index (χ1) is 5.19. The molecule has 0 amide bonds. The van der Waals surface area contributed by atoms with Gasteiger partial charge in [-0.1, -0.05) is 19.8 Å². The number of hydrogen-bond donors (Lipinski definition) is 2. The van der Waals surface area contributed by atoms with Crippen molar-refractivity contribution < 1.29 is 19.7 Å². The van der Waals surface area contributed by atoms with Crippen LogP contribution in [-0.2, 0) is 9.47 Å². The highest BCUT2D eigenvalue weighted by atomic mass is 17.0. The third kappa shape index (κ3) is 2.41. The normalized spacial score (nSPS) is 35.7. The summed E-state index contributed by atoms with van der Waals surface area (Å²) in [7, 11) is 0. The molecule has 0 aromatic carbocycles. The fraction of sp³-hybridized carbons (Fsp3) is 1.00. The Morgan fingerprint density at radius 3 is 2.64 bits per heavy atom. The van der Waals surface area contributed by atoms with E-state index in [2.05, 4.69) is 11.7 Å². The van der Waals surface area contributed by atoms with Crippen molar-refractivity contribution in [2.75, 3.05) is 6.61 Å². The number of hydrogen-bond acceptors (Lipinski definition) is 4. The minimum atomic E-state index is -1.69. The number of epoxide rings is 1. The zero-order valence-electron chi connectivity index (χ0n) is 6.62. The van der Waals surface area contributed by atoms with Gasteiger partial charge in [0.15, 0.2) is 0 Å². The lowest BCUT2D eigenvalue weighted by atomic mass is 10.3. The third-order valence-electron chi connectivity index (χ3n) is 1.59. The second-order valence-electron chi connectivity index (χ2n) is 2.66. The third-order valence-corrected chi connectivity index (χ3v) is 1.59. The monoisotopic (exact) mass is 162 g/mol. The van der Waals surface area contributed by atoms with Gasteiger partial charge in [-0.25, -0.2) is 0 Å². The van der Waals surface area contributed by atoms with E-state index in [4.69, 9.17) is 14.9 Å². The van der Waals surface area contributed by atoms with Gasteiger partial charge in [0, 0.05) is 0 Å². The second-order valence-corrected chi connectivity index (χ2v) is 2.66. The van der Waals surface area contributed by atoms with Crippen LogP contribution in [0.3, 0.4) is 0 Å². The van der Waals surface area contributed by atoms with Gasteiger partial charge in [-0.3, -0.25) is 4.74 Å². The van der Waals surface area contributed by atoms with Crippen molar-refractivity contribution >= 4 is 0 Å². The lowest BCUT2D eigenvalue weighted by Gasteiger charge is -2.04. The van der Waals surface area contributed by atoms with Crippen LogP contribution in [0.5, 0.6) is 0 Å². The molecular formula is C7H14O4. The molecule has 66 valence electrons. The van der Waals surface area contributed by atoms with Crippen LogP contribution in [0.4, 0.5) is 0 Å². The van der Waals surface area contributed by atoms with Crippen molar-refractivity contribution in [2.45, 2.75) is 38.4 Å². The predicted molar refractivity (Wildman–Crippen MR) is 37.5 cm³/mol. The minimum Gasteiger partial charge on any atom is -0.362 e. The van der Waals surface area contributed by atoms with E-state index < -0.39 is 12.3 Å². The molecule has 1 heterocycles. The molecule has 0 bridgehead atoms. The van der Waals surface area contributed by atoms with Gasteiger partial charge in [-0.05, 0) is 6.42 Å². The average Bonchev–Trinajstić information content (AvgIpc) is 2.54. The molecule has 4 nitrogen and oxygen atoms in total. The minimum absolute atomic E-state index is 0.432. The van der Waals surface area contributed by atoms with E-state index >= 15 is 0 Å². The fourth-order valence-corrected chi connectivity index (χ4v) is 0.802. The molecule has 0 aromatic rings. The summed E-state index contributed by atoms with van der Waals surface area (Å²) in [6, 6.07) is 0. The lowest BCUT2D eigenvalue weighted by molar-refractivity contribution is -0.197. The number of unbranched alkanes of at least 4 members (excludes halogenated alkanes) is 2. The van der Waals surface area contributed by atoms with Gasteiger partial charge < -0.3 is 14.9 Å². The molecule has 2 atom stereocenters. The smallest absolute Gasteiger partial charge is 0.337 e. The van der Waals surface area contributed by atoms with Crippen LogP contribution in [0, 0.1) is 0 Å². The Kier molecular flexibility index (Phi) is 2.84. The summed E-state index contributed by atoms with van der Waals surface area (Å²) in [6.07, 6.45) is 1.90. The molecule has 1 aliphatic rings.